The molecule has 3 rings (SSSR count). The van der Waals surface area contributed by atoms with Gasteiger partial charge in [0.25, 0.3) is 0 Å². The van der Waals surface area contributed by atoms with E-state index in [0.717, 1.165) is 30.1 Å². The molecule has 0 N–H and O–H groups in total. The van der Waals surface area contributed by atoms with Gasteiger partial charge in [-0.05, 0) is 50.5 Å². The Morgan fingerprint density at radius 2 is 1.86 bits per heavy atom. The van der Waals surface area contributed by atoms with Crippen LogP contribution in [0.1, 0.15) is 68.9 Å². The molecule has 2 aliphatic rings. The number of hydroxylamine groups is 2. The van der Waals surface area contributed by atoms with E-state index in [4.69, 9.17) is 9.26 Å². The molecule has 1 aromatic heterocycles. The van der Waals surface area contributed by atoms with Crippen molar-refractivity contribution in [2.24, 2.45) is 5.41 Å². The van der Waals surface area contributed by atoms with Crippen molar-refractivity contribution in [1.29, 1.82) is 0 Å². The summed E-state index contributed by atoms with van der Waals surface area (Å²) >= 11 is 1.91. The van der Waals surface area contributed by atoms with Crippen LogP contribution in [-0.4, -0.2) is 64.8 Å². The van der Waals surface area contributed by atoms with Crippen LogP contribution in [0.2, 0.25) is 0 Å². The Hall–Kier alpha value is -0.283. The van der Waals surface area contributed by atoms with Gasteiger partial charge in [0.1, 0.15) is 16.1 Å². The van der Waals surface area contributed by atoms with E-state index in [2.05, 4.69) is 61.9 Å². The lowest BCUT2D eigenvalue weighted by Crippen LogP contribution is -2.60. The topological polar surface area (TPSA) is 28.2 Å². The molecule has 2 unspecified atom stereocenters. The van der Waals surface area contributed by atoms with E-state index >= 15 is 0 Å². The predicted molar refractivity (Wildman–Crippen MR) is 120 cm³/mol. The summed E-state index contributed by atoms with van der Waals surface area (Å²) in [6.45, 7) is 11.2. The van der Waals surface area contributed by atoms with Crippen LogP contribution < -0.4 is 0 Å². The molecule has 0 aliphatic carbocycles. The minimum atomic E-state index is -0.184. The fraction of sp³-hybridized carbons (Fsp3) is 0.810. The van der Waals surface area contributed by atoms with Crippen molar-refractivity contribution in [3.8, 4) is 0 Å². The third kappa shape index (κ3) is 4.41. The minimum Gasteiger partial charge on any atom is -0.428 e. The Balaban J connectivity index is 1.76. The average Bonchev–Trinajstić information content (AvgIpc) is 3.07. The van der Waals surface area contributed by atoms with Crippen molar-refractivity contribution in [2.45, 2.75) is 71.3 Å². The number of thiophene rings is 1. The highest BCUT2D eigenvalue weighted by Crippen LogP contribution is 2.50. The van der Waals surface area contributed by atoms with Crippen LogP contribution in [0.5, 0.6) is 0 Å². The molecule has 5 nitrogen and oxygen atoms in total. The van der Waals surface area contributed by atoms with Gasteiger partial charge < -0.3 is 4.43 Å². The Labute approximate surface area is 178 Å². The first-order valence-corrected chi connectivity index (χ1v) is 12.4. The van der Waals surface area contributed by atoms with E-state index in [-0.39, 0.29) is 17.3 Å². The Kier molecular flexibility index (Phi) is 7.40. The first-order chi connectivity index (χ1) is 13.3. The van der Waals surface area contributed by atoms with E-state index in [1.54, 1.807) is 0 Å². The molecule has 0 saturated carbocycles. The zero-order chi connectivity index (χ0) is 20.4. The number of rotatable bonds is 6. The molecule has 2 saturated heterocycles. The lowest BCUT2D eigenvalue weighted by atomic mass is 9.77. The van der Waals surface area contributed by atoms with Gasteiger partial charge >= 0.3 is 0 Å². The van der Waals surface area contributed by atoms with Gasteiger partial charge in [0.05, 0.1) is 4.88 Å². The maximum Gasteiger partial charge on any atom is 0.168 e. The molecular formula is C21H39N3O2SSi. The van der Waals surface area contributed by atoms with Crippen molar-refractivity contribution in [1.82, 2.24) is 14.9 Å². The van der Waals surface area contributed by atoms with Crippen molar-refractivity contribution in [2.75, 3.05) is 33.8 Å². The standard InChI is InChI=1S/C21H39N3O2SSi/c1-20(2,3)21(12-15-25-28)22(4)19(26-23(21)5)18-11-10-17(27-18)16-24-13-8-6-7-9-14-24/h10-11,19H,6-9,12-16H2,1-5,28H3. The summed E-state index contributed by atoms with van der Waals surface area (Å²) in [5.41, 5.74) is -0.144. The number of likely N-dealkylation sites (tertiary alicyclic amines) is 1. The van der Waals surface area contributed by atoms with Crippen LogP contribution in [0, 0.1) is 5.41 Å². The van der Waals surface area contributed by atoms with Gasteiger partial charge in [0.2, 0.25) is 0 Å². The molecule has 0 radical (unpaired) electrons. The molecule has 0 spiro atoms. The zero-order valence-electron chi connectivity index (χ0n) is 18.7. The number of nitrogens with zero attached hydrogens (tertiary/aromatic N) is 3. The average molecular weight is 426 g/mol. The molecule has 0 aromatic carbocycles. The second kappa shape index (κ2) is 9.25. The monoisotopic (exact) mass is 425 g/mol. The van der Waals surface area contributed by atoms with E-state index in [0.29, 0.717) is 0 Å². The van der Waals surface area contributed by atoms with Gasteiger partial charge in [0, 0.05) is 31.5 Å². The molecule has 1 aromatic rings. The van der Waals surface area contributed by atoms with Gasteiger partial charge in [-0.15, -0.1) is 11.3 Å². The summed E-state index contributed by atoms with van der Waals surface area (Å²) in [6, 6.07) is 4.58. The Morgan fingerprint density at radius 3 is 2.46 bits per heavy atom. The summed E-state index contributed by atoms with van der Waals surface area (Å²) in [4.78, 5) is 14.2. The number of hydrogen-bond acceptors (Lipinski definition) is 6. The van der Waals surface area contributed by atoms with Gasteiger partial charge in [-0.1, -0.05) is 33.6 Å². The van der Waals surface area contributed by atoms with Gasteiger partial charge in [-0.2, -0.15) is 5.06 Å². The molecule has 160 valence electrons. The summed E-state index contributed by atoms with van der Waals surface area (Å²) in [6.07, 6.45) is 6.37. The first-order valence-electron chi connectivity index (χ1n) is 10.7. The fourth-order valence-electron chi connectivity index (χ4n) is 5.05. The summed E-state index contributed by atoms with van der Waals surface area (Å²) in [5, 5.41) is 2.09. The number of hydrogen-bond donors (Lipinski definition) is 0. The SMILES string of the molecule is CN1OC(c2ccc(CN3CCCCCC3)s2)N(C)C1(CCO[SiH3])C(C)(C)C. The summed E-state index contributed by atoms with van der Waals surface area (Å²) in [7, 11) is 5.07. The van der Waals surface area contributed by atoms with Crippen LogP contribution in [0.4, 0.5) is 0 Å². The fourth-order valence-corrected chi connectivity index (χ4v) is 6.38. The predicted octanol–water partition coefficient (Wildman–Crippen LogP) is 3.36. The van der Waals surface area contributed by atoms with Crippen LogP contribution >= 0.6 is 11.3 Å². The smallest absolute Gasteiger partial charge is 0.168 e. The van der Waals surface area contributed by atoms with E-state index in [9.17, 15) is 0 Å². The molecule has 0 amide bonds. The van der Waals surface area contributed by atoms with Crippen LogP contribution in [0.25, 0.3) is 0 Å². The molecule has 2 fully saturated rings. The molecule has 2 aliphatic heterocycles. The lowest BCUT2D eigenvalue weighted by Gasteiger charge is -2.49. The molecule has 3 heterocycles. The van der Waals surface area contributed by atoms with Gasteiger partial charge in [-0.3, -0.25) is 14.6 Å². The largest absolute Gasteiger partial charge is 0.428 e. The normalized spacial score (nSPS) is 28.8. The van der Waals surface area contributed by atoms with Gasteiger partial charge in [0.15, 0.2) is 6.23 Å². The lowest BCUT2D eigenvalue weighted by molar-refractivity contribution is -0.198. The van der Waals surface area contributed by atoms with Crippen LogP contribution in [0.3, 0.4) is 0 Å². The zero-order valence-corrected chi connectivity index (χ0v) is 21.5. The summed E-state index contributed by atoms with van der Waals surface area (Å²) < 4.78 is 5.59. The van der Waals surface area contributed by atoms with Crippen molar-refractivity contribution < 1.29 is 9.26 Å². The minimum absolute atomic E-state index is 0.0267. The third-order valence-electron chi connectivity index (χ3n) is 6.57. The molecule has 2 atom stereocenters. The van der Waals surface area contributed by atoms with Crippen LogP contribution in [0.15, 0.2) is 12.1 Å². The maximum absolute atomic E-state index is 6.43. The Bertz CT molecular complexity index is 627. The first kappa shape index (κ1) is 22.4. The summed E-state index contributed by atoms with van der Waals surface area (Å²) in [5.74, 6) is 0. The van der Waals surface area contributed by atoms with Gasteiger partial charge in [-0.25, -0.2) is 0 Å². The second-order valence-corrected chi connectivity index (χ2v) is 11.1. The van der Waals surface area contributed by atoms with Crippen molar-refractivity contribution >= 4 is 21.8 Å². The highest BCUT2D eigenvalue weighted by atomic mass is 32.1. The second-order valence-electron chi connectivity index (χ2n) is 9.37. The van der Waals surface area contributed by atoms with Crippen molar-refractivity contribution in [3.05, 3.63) is 21.9 Å². The molecule has 28 heavy (non-hydrogen) atoms. The third-order valence-corrected chi connectivity index (χ3v) is 8.08. The molecule has 0 bridgehead atoms. The Morgan fingerprint density at radius 1 is 1.18 bits per heavy atom. The quantitative estimate of drug-likeness (QED) is 0.652. The highest BCUT2D eigenvalue weighted by Gasteiger charge is 2.57. The molecular weight excluding hydrogens is 386 g/mol. The maximum atomic E-state index is 6.43. The van der Waals surface area contributed by atoms with E-state index in [1.165, 1.54) is 48.5 Å². The van der Waals surface area contributed by atoms with Crippen LogP contribution in [-0.2, 0) is 15.8 Å². The van der Waals surface area contributed by atoms with E-state index < -0.39 is 0 Å². The van der Waals surface area contributed by atoms with E-state index in [1.807, 2.05) is 11.3 Å². The van der Waals surface area contributed by atoms with Crippen molar-refractivity contribution in [3.63, 3.8) is 0 Å². The molecule has 7 heteroatoms. The highest BCUT2D eigenvalue weighted by molar-refractivity contribution is 7.12.